The molecule has 4 fully saturated rings. The molecule has 0 aromatic heterocycles. The normalized spacial score (nSPS) is 27.3. The lowest BCUT2D eigenvalue weighted by Gasteiger charge is -2.57. The minimum Gasteiger partial charge on any atom is -0.491 e. The third-order valence-electron chi connectivity index (χ3n) is 8.05. The molecule has 34 heavy (non-hydrogen) atoms. The summed E-state index contributed by atoms with van der Waals surface area (Å²) in [5.41, 5.74) is 4.51. The second kappa shape index (κ2) is 9.95. The number of rotatable bonds is 9. The molecule has 4 saturated carbocycles. The van der Waals surface area contributed by atoms with Crippen molar-refractivity contribution in [2.45, 2.75) is 50.9 Å². The van der Waals surface area contributed by atoms with Crippen LogP contribution in [0.15, 0.2) is 42.5 Å². The molecule has 2 aromatic carbocycles. The van der Waals surface area contributed by atoms with E-state index in [1.54, 1.807) is 7.11 Å². The first-order valence-electron chi connectivity index (χ1n) is 12.8. The molecule has 0 radical (unpaired) electrons. The van der Waals surface area contributed by atoms with E-state index in [4.69, 9.17) is 14.2 Å². The van der Waals surface area contributed by atoms with E-state index in [0.717, 1.165) is 29.1 Å². The number of hydrogen-bond donors (Lipinski definition) is 0. The van der Waals surface area contributed by atoms with E-state index in [9.17, 15) is 4.79 Å². The first kappa shape index (κ1) is 23.2. The first-order valence-corrected chi connectivity index (χ1v) is 12.8. The molecule has 4 aliphatic carbocycles. The minimum atomic E-state index is -0.276. The van der Waals surface area contributed by atoms with Crippen LogP contribution in [0.3, 0.4) is 0 Å². The van der Waals surface area contributed by atoms with Gasteiger partial charge in [-0.2, -0.15) is 0 Å². The SMILES string of the molecule is CCOC(=O)c1ccc(/C=C/c2ccc(OCCOC)c(C34CC5CC(CC(C5)C3)C4)c2)cc1. The Balaban J connectivity index is 1.40. The zero-order valence-corrected chi connectivity index (χ0v) is 20.4. The Bertz CT molecular complexity index is 1000. The van der Waals surface area contributed by atoms with Gasteiger partial charge in [0, 0.05) is 12.7 Å². The van der Waals surface area contributed by atoms with Crippen LogP contribution < -0.4 is 4.74 Å². The molecule has 0 amide bonds. The van der Waals surface area contributed by atoms with Crippen LogP contribution in [0, 0.1) is 17.8 Å². The molecule has 0 aliphatic heterocycles. The summed E-state index contributed by atoms with van der Waals surface area (Å²) in [6, 6.07) is 14.3. The number of carbonyl (C=O) groups excluding carboxylic acids is 1. The molecule has 0 unspecified atom stereocenters. The molecule has 4 bridgehead atoms. The highest BCUT2D eigenvalue weighted by atomic mass is 16.5. The van der Waals surface area contributed by atoms with E-state index in [2.05, 4.69) is 30.4 Å². The van der Waals surface area contributed by atoms with Crippen molar-refractivity contribution in [3.05, 3.63) is 64.7 Å². The molecule has 0 spiro atoms. The van der Waals surface area contributed by atoms with Crippen LogP contribution in [0.2, 0.25) is 0 Å². The first-order chi connectivity index (χ1) is 16.6. The number of benzene rings is 2. The van der Waals surface area contributed by atoms with Gasteiger partial charge in [0.25, 0.3) is 0 Å². The van der Waals surface area contributed by atoms with E-state index < -0.39 is 0 Å². The fourth-order valence-electron chi connectivity index (χ4n) is 7.00. The van der Waals surface area contributed by atoms with E-state index in [0.29, 0.717) is 25.4 Å². The van der Waals surface area contributed by atoms with Crippen molar-refractivity contribution >= 4 is 18.1 Å². The molecule has 0 heterocycles. The maximum Gasteiger partial charge on any atom is 0.338 e. The molecule has 6 rings (SSSR count). The van der Waals surface area contributed by atoms with Gasteiger partial charge in [-0.3, -0.25) is 0 Å². The quantitative estimate of drug-likeness (QED) is 0.243. The summed E-state index contributed by atoms with van der Waals surface area (Å²) in [4.78, 5) is 11.9. The van der Waals surface area contributed by atoms with Crippen LogP contribution in [-0.4, -0.2) is 32.9 Å². The van der Waals surface area contributed by atoms with Crippen molar-refractivity contribution in [1.29, 1.82) is 0 Å². The predicted molar refractivity (Wildman–Crippen MR) is 135 cm³/mol. The van der Waals surface area contributed by atoms with Crippen LogP contribution in [0.1, 0.15) is 72.5 Å². The van der Waals surface area contributed by atoms with Gasteiger partial charge in [-0.15, -0.1) is 0 Å². The molecule has 0 atom stereocenters. The largest absolute Gasteiger partial charge is 0.491 e. The Morgan fingerprint density at radius 1 is 0.912 bits per heavy atom. The monoisotopic (exact) mass is 460 g/mol. The lowest BCUT2D eigenvalue weighted by Crippen LogP contribution is -2.48. The standard InChI is InChI=1S/C30H36O4/c1-3-33-29(31)26-9-6-21(7-10-26)4-5-22-8-11-28(34-13-12-32-2)27(17-22)30-18-23-14-24(19-30)16-25(15-23)20-30/h4-11,17,23-25H,3,12-16,18-20H2,1-2H3/b5-4+. The zero-order chi connectivity index (χ0) is 23.5. The molecule has 4 nitrogen and oxygen atoms in total. The second-order valence-electron chi connectivity index (χ2n) is 10.5. The van der Waals surface area contributed by atoms with Gasteiger partial charge in [-0.1, -0.05) is 30.4 Å². The van der Waals surface area contributed by atoms with Gasteiger partial charge in [0.15, 0.2) is 0 Å². The van der Waals surface area contributed by atoms with Crippen molar-refractivity contribution in [3.63, 3.8) is 0 Å². The molecular formula is C30H36O4. The Hall–Kier alpha value is -2.59. The van der Waals surface area contributed by atoms with Crippen LogP contribution in [-0.2, 0) is 14.9 Å². The molecule has 0 saturated heterocycles. The number of ether oxygens (including phenoxy) is 3. The third-order valence-corrected chi connectivity index (χ3v) is 8.05. The highest BCUT2D eigenvalue weighted by Crippen LogP contribution is 2.62. The lowest BCUT2D eigenvalue weighted by molar-refractivity contribution is -0.00661. The number of hydrogen-bond acceptors (Lipinski definition) is 4. The summed E-state index contributed by atoms with van der Waals surface area (Å²) in [5.74, 6) is 3.41. The Kier molecular flexibility index (Phi) is 6.78. The van der Waals surface area contributed by atoms with Gasteiger partial charge in [0.1, 0.15) is 12.4 Å². The van der Waals surface area contributed by atoms with E-state index in [1.165, 1.54) is 49.7 Å². The third kappa shape index (κ3) is 4.79. The van der Waals surface area contributed by atoms with Crippen LogP contribution in [0.4, 0.5) is 0 Å². The average Bonchev–Trinajstić information content (AvgIpc) is 2.83. The van der Waals surface area contributed by atoms with Gasteiger partial charge >= 0.3 is 5.97 Å². The molecule has 4 heteroatoms. The van der Waals surface area contributed by atoms with Gasteiger partial charge in [-0.25, -0.2) is 4.79 Å². The van der Waals surface area contributed by atoms with Crippen molar-refractivity contribution < 1.29 is 19.0 Å². The summed E-state index contributed by atoms with van der Waals surface area (Å²) < 4.78 is 16.6. The lowest BCUT2D eigenvalue weighted by atomic mass is 9.48. The van der Waals surface area contributed by atoms with Crippen LogP contribution in [0.25, 0.3) is 12.2 Å². The van der Waals surface area contributed by atoms with Crippen molar-refractivity contribution in [3.8, 4) is 5.75 Å². The molecule has 0 N–H and O–H groups in total. The molecule has 180 valence electrons. The van der Waals surface area contributed by atoms with E-state index >= 15 is 0 Å². The predicted octanol–water partition coefficient (Wildman–Crippen LogP) is 6.53. The molecule has 4 aliphatic rings. The fourth-order valence-corrected chi connectivity index (χ4v) is 7.00. The fraction of sp³-hybridized carbons (Fsp3) is 0.500. The zero-order valence-electron chi connectivity index (χ0n) is 20.4. The van der Waals surface area contributed by atoms with Crippen molar-refractivity contribution in [1.82, 2.24) is 0 Å². The minimum absolute atomic E-state index is 0.266. The maximum atomic E-state index is 11.9. The van der Waals surface area contributed by atoms with E-state index in [1.807, 2.05) is 31.2 Å². The van der Waals surface area contributed by atoms with Gasteiger partial charge in [0.2, 0.25) is 0 Å². The summed E-state index contributed by atoms with van der Waals surface area (Å²) in [6.45, 7) is 3.39. The van der Waals surface area contributed by atoms with Gasteiger partial charge in [0.05, 0.1) is 18.8 Å². The molecular weight excluding hydrogens is 424 g/mol. The summed E-state index contributed by atoms with van der Waals surface area (Å²) in [6.07, 6.45) is 12.5. The summed E-state index contributed by atoms with van der Waals surface area (Å²) in [7, 11) is 1.72. The van der Waals surface area contributed by atoms with Crippen LogP contribution >= 0.6 is 0 Å². The summed E-state index contributed by atoms with van der Waals surface area (Å²) >= 11 is 0. The Labute approximate surface area is 203 Å². The van der Waals surface area contributed by atoms with Gasteiger partial charge in [-0.05, 0) is 104 Å². The number of carbonyl (C=O) groups is 1. The Morgan fingerprint density at radius 3 is 2.15 bits per heavy atom. The highest BCUT2D eigenvalue weighted by molar-refractivity contribution is 5.89. The average molecular weight is 461 g/mol. The Morgan fingerprint density at radius 2 is 1.53 bits per heavy atom. The van der Waals surface area contributed by atoms with Gasteiger partial charge < -0.3 is 14.2 Å². The summed E-state index contributed by atoms with van der Waals surface area (Å²) in [5, 5.41) is 0. The number of esters is 1. The smallest absolute Gasteiger partial charge is 0.338 e. The second-order valence-corrected chi connectivity index (χ2v) is 10.5. The van der Waals surface area contributed by atoms with Crippen molar-refractivity contribution in [2.75, 3.05) is 26.9 Å². The highest BCUT2D eigenvalue weighted by Gasteiger charge is 2.52. The van der Waals surface area contributed by atoms with E-state index in [-0.39, 0.29) is 11.4 Å². The topological polar surface area (TPSA) is 44.8 Å². The number of methoxy groups -OCH3 is 1. The molecule has 2 aromatic rings. The van der Waals surface area contributed by atoms with Crippen LogP contribution in [0.5, 0.6) is 5.75 Å². The maximum absolute atomic E-state index is 11.9. The van der Waals surface area contributed by atoms with Crippen molar-refractivity contribution in [2.24, 2.45) is 17.8 Å².